The molecule has 0 atom stereocenters. The van der Waals surface area contributed by atoms with Gasteiger partial charge in [0.2, 0.25) is 5.91 Å². The lowest BCUT2D eigenvalue weighted by Gasteiger charge is -2.37. The molecule has 0 unspecified atom stereocenters. The van der Waals surface area contributed by atoms with E-state index in [1.54, 1.807) is 18.2 Å². The fraction of sp³-hybridized carbons (Fsp3) is 0.294. The molecule has 1 N–H and O–H groups in total. The van der Waals surface area contributed by atoms with Gasteiger partial charge in [-0.2, -0.15) is 0 Å². The summed E-state index contributed by atoms with van der Waals surface area (Å²) in [6.45, 7) is 0.384. The number of carbonyl (C=O) groups is 2. The van der Waals surface area contributed by atoms with Crippen LogP contribution in [-0.4, -0.2) is 48.9 Å². The molecule has 10 heteroatoms. The number of methoxy groups -OCH3 is 2. The van der Waals surface area contributed by atoms with Gasteiger partial charge in [0.15, 0.2) is 5.76 Å². The predicted octanol–water partition coefficient (Wildman–Crippen LogP) is 1.92. The largest absolute Gasteiger partial charge is 0.497 e. The number of carbonyl (C=O) groups excluding carboxylic acids is 2. The third-order valence-electron chi connectivity index (χ3n) is 4.19. The molecule has 3 rings (SSSR count). The molecule has 2 amide bonds. The van der Waals surface area contributed by atoms with Crippen molar-refractivity contribution in [2.45, 2.75) is 0 Å². The van der Waals surface area contributed by atoms with Crippen LogP contribution in [0.4, 0.5) is 11.6 Å². The SMILES string of the molecule is COc1ccc(NC(=O)C2CN(C(=O)c3ccc([N+](=O)[O-])o3)C2)c(OC)c1. The predicted molar refractivity (Wildman–Crippen MR) is 92.9 cm³/mol. The zero-order valence-corrected chi connectivity index (χ0v) is 14.6. The molecule has 1 aromatic carbocycles. The molecule has 0 aliphatic carbocycles. The van der Waals surface area contributed by atoms with Crippen LogP contribution in [0.1, 0.15) is 10.6 Å². The summed E-state index contributed by atoms with van der Waals surface area (Å²) in [6, 6.07) is 7.37. The summed E-state index contributed by atoms with van der Waals surface area (Å²) < 4.78 is 15.2. The average Bonchev–Trinajstić information content (AvgIpc) is 3.11. The fourth-order valence-corrected chi connectivity index (χ4v) is 2.64. The molecule has 2 heterocycles. The molecule has 1 aliphatic heterocycles. The van der Waals surface area contributed by atoms with Crippen LogP contribution in [0.25, 0.3) is 0 Å². The number of ether oxygens (including phenoxy) is 2. The molecule has 0 bridgehead atoms. The van der Waals surface area contributed by atoms with Crippen molar-refractivity contribution >= 4 is 23.4 Å². The number of furan rings is 1. The van der Waals surface area contributed by atoms with E-state index in [9.17, 15) is 19.7 Å². The van der Waals surface area contributed by atoms with Gasteiger partial charge in [-0.25, -0.2) is 0 Å². The monoisotopic (exact) mass is 375 g/mol. The Morgan fingerprint density at radius 3 is 2.56 bits per heavy atom. The van der Waals surface area contributed by atoms with E-state index in [0.29, 0.717) is 17.2 Å². The van der Waals surface area contributed by atoms with Crippen molar-refractivity contribution < 1.29 is 28.4 Å². The highest BCUT2D eigenvalue weighted by Gasteiger charge is 2.37. The van der Waals surface area contributed by atoms with Gasteiger partial charge in [-0.15, -0.1) is 0 Å². The Morgan fingerprint density at radius 1 is 1.22 bits per heavy atom. The molecule has 1 aromatic heterocycles. The summed E-state index contributed by atoms with van der Waals surface area (Å²) in [6.07, 6.45) is 0. The number of amides is 2. The van der Waals surface area contributed by atoms with E-state index in [0.717, 1.165) is 6.07 Å². The van der Waals surface area contributed by atoms with E-state index < -0.39 is 22.6 Å². The van der Waals surface area contributed by atoms with Gasteiger partial charge in [-0.1, -0.05) is 0 Å². The number of nitrogens with zero attached hydrogens (tertiary/aromatic N) is 2. The highest BCUT2D eigenvalue weighted by atomic mass is 16.6. The summed E-state index contributed by atoms with van der Waals surface area (Å²) in [5, 5.41) is 13.4. The van der Waals surface area contributed by atoms with E-state index in [1.165, 1.54) is 25.2 Å². The van der Waals surface area contributed by atoms with Crippen molar-refractivity contribution in [1.29, 1.82) is 0 Å². The summed E-state index contributed by atoms with van der Waals surface area (Å²) >= 11 is 0. The number of nitrogens with one attached hydrogen (secondary N) is 1. The van der Waals surface area contributed by atoms with Crippen LogP contribution >= 0.6 is 0 Å². The summed E-state index contributed by atoms with van der Waals surface area (Å²) in [5.74, 6) is -0.722. The lowest BCUT2D eigenvalue weighted by Crippen LogP contribution is -2.54. The first kappa shape index (κ1) is 18.2. The first-order valence-corrected chi connectivity index (χ1v) is 7.99. The second-order valence-corrected chi connectivity index (χ2v) is 5.86. The lowest BCUT2D eigenvalue weighted by atomic mass is 9.98. The van der Waals surface area contributed by atoms with Gasteiger partial charge in [0.1, 0.15) is 16.4 Å². The molecule has 2 aromatic rings. The van der Waals surface area contributed by atoms with Crippen molar-refractivity contribution in [3.05, 3.63) is 46.2 Å². The maximum absolute atomic E-state index is 12.4. The quantitative estimate of drug-likeness (QED) is 0.604. The number of benzene rings is 1. The molecule has 0 spiro atoms. The molecular weight excluding hydrogens is 358 g/mol. The molecule has 10 nitrogen and oxygen atoms in total. The third kappa shape index (κ3) is 3.68. The molecule has 1 aliphatic rings. The van der Waals surface area contributed by atoms with Crippen LogP contribution in [0.2, 0.25) is 0 Å². The standard InChI is InChI=1S/C17H17N3O7/c1-25-11-3-4-12(14(7-11)26-2)18-16(21)10-8-19(9-10)17(22)13-5-6-15(27-13)20(23)24/h3-7,10H,8-9H2,1-2H3,(H,18,21). The van der Waals surface area contributed by atoms with Gasteiger partial charge < -0.3 is 24.1 Å². The Morgan fingerprint density at radius 2 is 1.96 bits per heavy atom. The maximum Gasteiger partial charge on any atom is 0.433 e. The van der Waals surface area contributed by atoms with E-state index >= 15 is 0 Å². The van der Waals surface area contributed by atoms with Gasteiger partial charge in [0, 0.05) is 19.2 Å². The van der Waals surface area contributed by atoms with E-state index in [-0.39, 0.29) is 24.8 Å². The molecule has 1 saturated heterocycles. The van der Waals surface area contributed by atoms with Crippen LogP contribution in [0.15, 0.2) is 34.7 Å². The minimum Gasteiger partial charge on any atom is -0.497 e. The molecule has 1 fully saturated rings. The number of rotatable bonds is 6. The van der Waals surface area contributed by atoms with Crippen LogP contribution in [-0.2, 0) is 4.79 Å². The van der Waals surface area contributed by atoms with E-state index in [1.807, 2.05) is 0 Å². The maximum atomic E-state index is 12.4. The molecule has 0 saturated carbocycles. The smallest absolute Gasteiger partial charge is 0.433 e. The highest BCUT2D eigenvalue weighted by molar-refractivity contribution is 5.98. The van der Waals surface area contributed by atoms with E-state index in [4.69, 9.17) is 13.9 Å². The van der Waals surface area contributed by atoms with Crippen molar-refractivity contribution in [3.8, 4) is 11.5 Å². The van der Waals surface area contributed by atoms with E-state index in [2.05, 4.69) is 5.32 Å². The Kier molecular flexibility index (Phi) is 4.97. The van der Waals surface area contributed by atoms with Crippen LogP contribution in [0.5, 0.6) is 11.5 Å². The highest BCUT2D eigenvalue weighted by Crippen LogP contribution is 2.30. The van der Waals surface area contributed by atoms with Crippen molar-refractivity contribution in [1.82, 2.24) is 4.90 Å². The summed E-state index contributed by atoms with van der Waals surface area (Å²) in [4.78, 5) is 35.9. The van der Waals surface area contributed by atoms with Crippen molar-refractivity contribution in [2.24, 2.45) is 5.92 Å². The normalized spacial score (nSPS) is 13.6. The number of likely N-dealkylation sites (tertiary alicyclic amines) is 1. The molecular formula is C17H17N3O7. The van der Waals surface area contributed by atoms with Crippen LogP contribution in [0, 0.1) is 16.0 Å². The van der Waals surface area contributed by atoms with Gasteiger partial charge in [-0.3, -0.25) is 19.7 Å². The Hall–Kier alpha value is -3.56. The van der Waals surface area contributed by atoms with Gasteiger partial charge in [0.05, 0.1) is 31.9 Å². The zero-order valence-electron chi connectivity index (χ0n) is 14.6. The Balaban J connectivity index is 1.58. The number of hydrogen-bond donors (Lipinski definition) is 1. The minimum absolute atomic E-state index is 0.127. The van der Waals surface area contributed by atoms with Crippen LogP contribution < -0.4 is 14.8 Å². The number of hydrogen-bond acceptors (Lipinski definition) is 7. The minimum atomic E-state index is -0.717. The Labute approximate surface area is 153 Å². The Bertz CT molecular complexity index is 886. The summed E-state index contributed by atoms with van der Waals surface area (Å²) in [7, 11) is 3.01. The van der Waals surface area contributed by atoms with Gasteiger partial charge >= 0.3 is 5.88 Å². The second kappa shape index (κ2) is 7.36. The lowest BCUT2D eigenvalue weighted by molar-refractivity contribution is -0.402. The second-order valence-electron chi connectivity index (χ2n) is 5.86. The summed E-state index contributed by atoms with van der Waals surface area (Å²) in [5.41, 5.74) is 0.495. The average molecular weight is 375 g/mol. The van der Waals surface area contributed by atoms with Crippen molar-refractivity contribution in [3.63, 3.8) is 0 Å². The molecule has 27 heavy (non-hydrogen) atoms. The van der Waals surface area contributed by atoms with Crippen LogP contribution in [0.3, 0.4) is 0 Å². The first-order valence-electron chi connectivity index (χ1n) is 7.99. The number of nitro groups is 1. The molecule has 0 radical (unpaired) electrons. The number of anilines is 1. The zero-order chi connectivity index (χ0) is 19.6. The van der Waals surface area contributed by atoms with Crippen molar-refractivity contribution in [2.75, 3.05) is 32.6 Å². The molecule has 142 valence electrons. The van der Waals surface area contributed by atoms with Gasteiger partial charge in [-0.05, 0) is 18.2 Å². The topological polar surface area (TPSA) is 124 Å². The van der Waals surface area contributed by atoms with Gasteiger partial charge in [0.25, 0.3) is 5.91 Å². The third-order valence-corrected chi connectivity index (χ3v) is 4.19. The first-order chi connectivity index (χ1) is 12.9. The fourth-order valence-electron chi connectivity index (χ4n) is 2.64.